The standard InChI is InChI=1S/C16H19NO3/c1-11-5-4-6-13(7-11)12(2)17-9-15-8-14(10-20-15)16(18)19-3/h4-8,10,12,17H,9H2,1-3H3/t12-/m0/s1. The molecule has 0 spiro atoms. The molecular formula is C16H19NO3. The van der Waals surface area contributed by atoms with Crippen LogP contribution in [0.2, 0.25) is 0 Å². The van der Waals surface area contributed by atoms with E-state index in [1.165, 1.54) is 24.5 Å². The second-order valence-corrected chi connectivity index (χ2v) is 4.81. The first-order valence-corrected chi connectivity index (χ1v) is 6.56. The number of ether oxygens (including phenoxy) is 1. The third-order valence-corrected chi connectivity index (χ3v) is 3.20. The van der Waals surface area contributed by atoms with Crippen molar-refractivity contribution in [3.05, 3.63) is 59.0 Å². The number of furan rings is 1. The second kappa shape index (κ2) is 6.39. The number of methoxy groups -OCH3 is 1. The van der Waals surface area contributed by atoms with Crippen molar-refractivity contribution in [2.45, 2.75) is 26.4 Å². The molecule has 0 radical (unpaired) electrons. The van der Waals surface area contributed by atoms with Crippen LogP contribution in [0.4, 0.5) is 0 Å². The van der Waals surface area contributed by atoms with Gasteiger partial charge in [-0.3, -0.25) is 0 Å². The van der Waals surface area contributed by atoms with Crippen molar-refractivity contribution < 1.29 is 13.9 Å². The average Bonchev–Trinajstić information content (AvgIpc) is 2.92. The molecule has 0 bridgehead atoms. The quantitative estimate of drug-likeness (QED) is 0.850. The molecule has 4 heteroatoms. The minimum absolute atomic E-state index is 0.210. The van der Waals surface area contributed by atoms with E-state index in [2.05, 4.69) is 42.1 Å². The van der Waals surface area contributed by atoms with E-state index in [1.54, 1.807) is 6.07 Å². The summed E-state index contributed by atoms with van der Waals surface area (Å²) < 4.78 is 9.97. The fraction of sp³-hybridized carbons (Fsp3) is 0.312. The van der Waals surface area contributed by atoms with E-state index in [9.17, 15) is 4.79 Å². The van der Waals surface area contributed by atoms with Gasteiger partial charge in [0.25, 0.3) is 0 Å². The molecule has 0 unspecified atom stereocenters. The molecule has 1 aromatic heterocycles. The number of carbonyl (C=O) groups excluding carboxylic acids is 1. The van der Waals surface area contributed by atoms with E-state index >= 15 is 0 Å². The van der Waals surface area contributed by atoms with Crippen molar-refractivity contribution in [2.75, 3.05) is 7.11 Å². The van der Waals surface area contributed by atoms with Gasteiger partial charge in [-0.1, -0.05) is 29.8 Å². The molecule has 1 atom stereocenters. The van der Waals surface area contributed by atoms with E-state index in [0.29, 0.717) is 17.9 Å². The van der Waals surface area contributed by atoms with Gasteiger partial charge in [0.05, 0.1) is 19.2 Å². The zero-order chi connectivity index (χ0) is 14.5. The van der Waals surface area contributed by atoms with Gasteiger partial charge in [-0.05, 0) is 25.5 Å². The van der Waals surface area contributed by atoms with E-state index in [4.69, 9.17) is 4.42 Å². The Kier molecular flexibility index (Phi) is 4.58. The van der Waals surface area contributed by atoms with Crippen LogP contribution < -0.4 is 5.32 Å². The van der Waals surface area contributed by atoms with Crippen LogP contribution in [0.3, 0.4) is 0 Å². The lowest BCUT2D eigenvalue weighted by molar-refractivity contribution is 0.0600. The molecule has 0 saturated heterocycles. The largest absolute Gasteiger partial charge is 0.467 e. The minimum atomic E-state index is -0.383. The van der Waals surface area contributed by atoms with Gasteiger partial charge in [-0.15, -0.1) is 0 Å². The first-order valence-electron chi connectivity index (χ1n) is 6.56. The number of esters is 1. The van der Waals surface area contributed by atoms with Crippen LogP contribution in [0.15, 0.2) is 41.0 Å². The molecule has 0 aliphatic rings. The number of hydrogen-bond donors (Lipinski definition) is 1. The molecular weight excluding hydrogens is 254 g/mol. The van der Waals surface area contributed by atoms with Gasteiger partial charge >= 0.3 is 5.97 Å². The van der Waals surface area contributed by atoms with E-state index < -0.39 is 0 Å². The summed E-state index contributed by atoms with van der Waals surface area (Å²) in [6, 6.07) is 10.3. The topological polar surface area (TPSA) is 51.5 Å². The van der Waals surface area contributed by atoms with Crippen molar-refractivity contribution in [1.82, 2.24) is 5.32 Å². The fourth-order valence-electron chi connectivity index (χ4n) is 2.01. The molecule has 0 aliphatic carbocycles. The van der Waals surface area contributed by atoms with Crippen molar-refractivity contribution in [3.63, 3.8) is 0 Å². The molecule has 1 N–H and O–H groups in total. The van der Waals surface area contributed by atoms with Gasteiger partial charge in [-0.25, -0.2) is 4.79 Å². The summed E-state index contributed by atoms with van der Waals surface area (Å²) in [6.45, 7) is 4.73. The highest BCUT2D eigenvalue weighted by Gasteiger charge is 2.11. The first kappa shape index (κ1) is 14.3. The number of carbonyl (C=O) groups is 1. The molecule has 0 saturated carbocycles. The summed E-state index contributed by atoms with van der Waals surface area (Å²) in [5.74, 6) is 0.330. The third-order valence-electron chi connectivity index (χ3n) is 3.20. The van der Waals surface area contributed by atoms with Crippen LogP contribution in [0.1, 0.15) is 40.2 Å². The number of aryl methyl sites for hydroxylation is 1. The zero-order valence-electron chi connectivity index (χ0n) is 12.0. The molecule has 1 heterocycles. The molecule has 2 aromatic rings. The van der Waals surface area contributed by atoms with Crippen molar-refractivity contribution in [2.24, 2.45) is 0 Å². The minimum Gasteiger partial charge on any atom is -0.467 e. The highest BCUT2D eigenvalue weighted by Crippen LogP contribution is 2.15. The predicted octanol–water partition coefficient (Wildman–Crippen LogP) is 3.23. The fourth-order valence-corrected chi connectivity index (χ4v) is 2.01. The number of hydrogen-bond acceptors (Lipinski definition) is 4. The molecule has 0 fully saturated rings. The molecule has 1 aromatic carbocycles. The van der Waals surface area contributed by atoms with E-state index in [-0.39, 0.29) is 12.0 Å². The molecule has 4 nitrogen and oxygen atoms in total. The Balaban J connectivity index is 1.95. The van der Waals surface area contributed by atoms with Crippen molar-refractivity contribution >= 4 is 5.97 Å². The van der Waals surface area contributed by atoms with Gasteiger partial charge in [0.1, 0.15) is 12.0 Å². The predicted molar refractivity (Wildman–Crippen MR) is 76.5 cm³/mol. The Morgan fingerprint density at radius 2 is 2.20 bits per heavy atom. The molecule has 106 valence electrons. The van der Waals surface area contributed by atoms with Gasteiger partial charge < -0.3 is 14.5 Å². The lowest BCUT2D eigenvalue weighted by Crippen LogP contribution is -2.17. The first-order chi connectivity index (χ1) is 9.60. The Morgan fingerprint density at radius 3 is 2.90 bits per heavy atom. The monoisotopic (exact) mass is 273 g/mol. The maximum atomic E-state index is 11.3. The van der Waals surface area contributed by atoms with Gasteiger partial charge in [0.2, 0.25) is 0 Å². The van der Waals surface area contributed by atoms with Crippen LogP contribution in [-0.4, -0.2) is 13.1 Å². The normalized spacial score (nSPS) is 12.2. The maximum Gasteiger partial charge on any atom is 0.341 e. The lowest BCUT2D eigenvalue weighted by Gasteiger charge is -2.13. The summed E-state index contributed by atoms with van der Waals surface area (Å²) in [5, 5.41) is 3.37. The third kappa shape index (κ3) is 3.48. The van der Waals surface area contributed by atoms with Crippen molar-refractivity contribution in [1.29, 1.82) is 0 Å². The highest BCUT2D eigenvalue weighted by atomic mass is 16.5. The summed E-state index contributed by atoms with van der Waals surface area (Å²) in [7, 11) is 1.35. The van der Waals surface area contributed by atoms with Gasteiger partial charge in [0.15, 0.2) is 0 Å². The maximum absolute atomic E-state index is 11.3. The highest BCUT2D eigenvalue weighted by molar-refractivity contribution is 5.88. The van der Waals surface area contributed by atoms with Crippen LogP contribution in [0.25, 0.3) is 0 Å². The Morgan fingerprint density at radius 1 is 1.40 bits per heavy atom. The second-order valence-electron chi connectivity index (χ2n) is 4.81. The number of rotatable bonds is 5. The molecule has 20 heavy (non-hydrogen) atoms. The summed E-state index contributed by atoms with van der Waals surface area (Å²) in [5.41, 5.74) is 2.90. The van der Waals surface area contributed by atoms with Gasteiger partial charge in [-0.2, -0.15) is 0 Å². The van der Waals surface area contributed by atoms with Crippen LogP contribution in [0.5, 0.6) is 0 Å². The Labute approximate surface area is 118 Å². The lowest BCUT2D eigenvalue weighted by atomic mass is 10.1. The van der Waals surface area contributed by atoms with Crippen LogP contribution >= 0.6 is 0 Å². The van der Waals surface area contributed by atoms with E-state index in [1.807, 2.05) is 6.07 Å². The smallest absolute Gasteiger partial charge is 0.341 e. The summed E-state index contributed by atoms with van der Waals surface area (Å²) in [6.07, 6.45) is 1.42. The summed E-state index contributed by atoms with van der Waals surface area (Å²) in [4.78, 5) is 11.3. The van der Waals surface area contributed by atoms with E-state index in [0.717, 1.165) is 0 Å². The molecule has 2 rings (SSSR count). The van der Waals surface area contributed by atoms with Crippen LogP contribution in [0, 0.1) is 6.92 Å². The number of nitrogens with one attached hydrogen (secondary N) is 1. The Hall–Kier alpha value is -2.07. The summed E-state index contributed by atoms with van der Waals surface area (Å²) >= 11 is 0. The SMILES string of the molecule is COC(=O)c1coc(CN[C@@H](C)c2cccc(C)c2)c1. The number of benzene rings is 1. The molecule has 0 amide bonds. The average molecular weight is 273 g/mol. The Bertz CT molecular complexity index is 589. The molecule has 0 aliphatic heterocycles. The van der Waals surface area contributed by atoms with Crippen molar-refractivity contribution in [3.8, 4) is 0 Å². The van der Waals surface area contributed by atoms with Crippen LogP contribution in [-0.2, 0) is 11.3 Å². The van der Waals surface area contributed by atoms with Gasteiger partial charge in [0, 0.05) is 6.04 Å². The zero-order valence-corrected chi connectivity index (χ0v) is 12.0.